The van der Waals surface area contributed by atoms with Gasteiger partial charge in [0.05, 0.1) is 11.7 Å². The number of anilines is 1. The zero-order valence-corrected chi connectivity index (χ0v) is 18.3. The third-order valence-corrected chi connectivity index (χ3v) is 5.49. The molecule has 2 N–H and O–H groups in total. The summed E-state index contributed by atoms with van der Waals surface area (Å²) in [6.07, 6.45) is 1.81. The fourth-order valence-corrected chi connectivity index (χ4v) is 3.73. The maximum Gasteiger partial charge on any atom is 0.225 e. The summed E-state index contributed by atoms with van der Waals surface area (Å²) in [7, 11) is 1.91. The monoisotopic (exact) mass is 436 g/mol. The highest BCUT2D eigenvalue weighted by atomic mass is 16.5. The number of rotatable bonds is 7. The van der Waals surface area contributed by atoms with Crippen LogP contribution < -0.4 is 15.2 Å². The third kappa shape index (κ3) is 4.50. The zero-order valence-electron chi connectivity index (χ0n) is 18.3. The Morgan fingerprint density at radius 2 is 1.45 bits per heavy atom. The molecule has 0 bridgehead atoms. The van der Waals surface area contributed by atoms with Gasteiger partial charge in [-0.2, -0.15) is 10.1 Å². The molecule has 0 saturated heterocycles. The van der Waals surface area contributed by atoms with Crippen LogP contribution in [-0.4, -0.2) is 14.8 Å². The molecular formula is C27H24N4O2. The Balaban J connectivity index is 1.50. The maximum absolute atomic E-state index is 6.43. The van der Waals surface area contributed by atoms with Crippen molar-refractivity contribution in [3.8, 4) is 22.9 Å². The summed E-state index contributed by atoms with van der Waals surface area (Å²) >= 11 is 0. The zero-order chi connectivity index (χ0) is 22.6. The van der Waals surface area contributed by atoms with Gasteiger partial charge >= 0.3 is 0 Å². The average molecular weight is 437 g/mol. The number of hydrogen-bond donors (Lipinski definition) is 1. The van der Waals surface area contributed by atoms with Crippen molar-refractivity contribution in [1.82, 2.24) is 14.8 Å². The fraction of sp³-hybridized carbons (Fsp3) is 0.111. The highest BCUT2D eigenvalue weighted by Crippen LogP contribution is 2.37. The summed E-state index contributed by atoms with van der Waals surface area (Å²) in [5.41, 5.74) is 11.8. The second kappa shape index (κ2) is 9.04. The lowest BCUT2D eigenvalue weighted by Crippen LogP contribution is -2.03. The van der Waals surface area contributed by atoms with E-state index in [0.29, 0.717) is 30.7 Å². The van der Waals surface area contributed by atoms with E-state index in [-0.39, 0.29) is 0 Å². The van der Waals surface area contributed by atoms with E-state index in [1.54, 1.807) is 6.20 Å². The number of nitrogens with zero attached hydrogens (tertiary/aromatic N) is 3. The molecule has 2 aromatic heterocycles. The molecule has 0 aliphatic carbocycles. The van der Waals surface area contributed by atoms with E-state index in [1.807, 2.05) is 96.7 Å². The number of nitrogens with two attached hydrogens (primary N) is 1. The molecule has 0 saturated carbocycles. The topological polar surface area (TPSA) is 75.2 Å². The molecule has 5 rings (SSSR count). The van der Waals surface area contributed by atoms with Crippen molar-refractivity contribution in [2.75, 3.05) is 5.73 Å². The SMILES string of the molecule is Cn1ncc2cc(N)c(-c3ccc(OCc4ccccc4)nc3OCc3ccccc3)cc21. The molecule has 0 aliphatic rings. The van der Waals surface area contributed by atoms with E-state index in [0.717, 1.165) is 33.2 Å². The quantitative estimate of drug-likeness (QED) is 0.347. The normalized spacial score (nSPS) is 10.9. The van der Waals surface area contributed by atoms with Gasteiger partial charge < -0.3 is 15.2 Å². The minimum atomic E-state index is 0.386. The van der Waals surface area contributed by atoms with Crippen LogP contribution in [0, 0.1) is 0 Å². The second-order valence-corrected chi connectivity index (χ2v) is 7.82. The fourth-order valence-electron chi connectivity index (χ4n) is 3.73. The molecule has 0 fully saturated rings. The first-order valence-electron chi connectivity index (χ1n) is 10.7. The van der Waals surface area contributed by atoms with Crippen molar-refractivity contribution >= 4 is 16.6 Å². The molecule has 6 heteroatoms. The Hall–Kier alpha value is -4.32. The van der Waals surface area contributed by atoms with Gasteiger partial charge in [0.15, 0.2) is 0 Å². The highest BCUT2D eigenvalue weighted by molar-refractivity contribution is 5.92. The largest absolute Gasteiger partial charge is 0.473 e. The first-order valence-corrected chi connectivity index (χ1v) is 10.7. The molecule has 0 amide bonds. The van der Waals surface area contributed by atoms with Crippen molar-refractivity contribution in [3.63, 3.8) is 0 Å². The van der Waals surface area contributed by atoms with Crippen LogP contribution in [0.1, 0.15) is 11.1 Å². The predicted molar refractivity (Wildman–Crippen MR) is 130 cm³/mol. The summed E-state index contributed by atoms with van der Waals surface area (Å²) in [5, 5.41) is 5.32. The molecule has 0 radical (unpaired) electrons. The van der Waals surface area contributed by atoms with Crippen LogP contribution in [0.25, 0.3) is 22.0 Å². The standard InChI is InChI=1S/C27H24N4O2/c1-31-25-15-23(24(28)14-21(25)16-29-31)22-12-13-26(32-17-19-8-4-2-5-9-19)30-27(22)33-18-20-10-6-3-7-11-20/h2-16H,17-18,28H2,1H3. The lowest BCUT2D eigenvalue weighted by molar-refractivity contribution is 0.268. The smallest absolute Gasteiger partial charge is 0.225 e. The molecule has 3 aromatic carbocycles. The van der Waals surface area contributed by atoms with Crippen LogP contribution in [0.3, 0.4) is 0 Å². The van der Waals surface area contributed by atoms with Gasteiger partial charge in [0, 0.05) is 35.3 Å². The number of benzene rings is 3. The summed E-state index contributed by atoms with van der Waals surface area (Å²) in [6.45, 7) is 0.811. The number of nitrogen functional groups attached to an aromatic ring is 1. The number of ether oxygens (including phenoxy) is 2. The summed E-state index contributed by atoms with van der Waals surface area (Å²) in [4.78, 5) is 4.69. The van der Waals surface area contributed by atoms with Crippen molar-refractivity contribution < 1.29 is 9.47 Å². The summed E-state index contributed by atoms with van der Waals surface area (Å²) in [5.74, 6) is 0.962. The van der Waals surface area contributed by atoms with Crippen molar-refractivity contribution in [1.29, 1.82) is 0 Å². The van der Waals surface area contributed by atoms with Crippen molar-refractivity contribution in [2.45, 2.75) is 13.2 Å². The van der Waals surface area contributed by atoms with E-state index >= 15 is 0 Å². The van der Waals surface area contributed by atoms with Gasteiger partial charge in [0.1, 0.15) is 13.2 Å². The lowest BCUT2D eigenvalue weighted by atomic mass is 10.0. The Kier molecular flexibility index (Phi) is 5.64. The number of aryl methyl sites for hydroxylation is 1. The first kappa shape index (κ1) is 20.6. The Bertz CT molecular complexity index is 1380. The van der Waals surface area contributed by atoms with Gasteiger partial charge in [-0.1, -0.05) is 60.7 Å². The average Bonchev–Trinajstić information content (AvgIpc) is 3.21. The molecule has 5 aromatic rings. The van der Waals surface area contributed by atoms with Crippen LogP contribution >= 0.6 is 0 Å². The third-order valence-electron chi connectivity index (χ3n) is 5.49. The maximum atomic E-state index is 6.43. The first-order chi connectivity index (χ1) is 16.2. The molecule has 2 heterocycles. The van der Waals surface area contributed by atoms with E-state index in [9.17, 15) is 0 Å². The Labute approximate surface area is 192 Å². The van der Waals surface area contributed by atoms with Crippen LogP contribution in [0.5, 0.6) is 11.8 Å². The molecule has 33 heavy (non-hydrogen) atoms. The summed E-state index contributed by atoms with van der Waals surface area (Å²) < 4.78 is 14.0. The molecule has 0 unspecified atom stereocenters. The Morgan fingerprint density at radius 1 is 0.788 bits per heavy atom. The van der Waals surface area contributed by atoms with Crippen LogP contribution in [0.2, 0.25) is 0 Å². The van der Waals surface area contributed by atoms with E-state index in [1.165, 1.54) is 0 Å². The van der Waals surface area contributed by atoms with E-state index < -0.39 is 0 Å². The van der Waals surface area contributed by atoms with Gasteiger partial charge in [0.25, 0.3) is 0 Å². The second-order valence-electron chi connectivity index (χ2n) is 7.82. The molecule has 6 nitrogen and oxygen atoms in total. The minimum Gasteiger partial charge on any atom is -0.473 e. The lowest BCUT2D eigenvalue weighted by Gasteiger charge is -2.15. The van der Waals surface area contributed by atoms with Crippen LogP contribution in [0.4, 0.5) is 5.69 Å². The highest BCUT2D eigenvalue weighted by Gasteiger charge is 2.15. The molecule has 164 valence electrons. The molecule has 0 aliphatic heterocycles. The number of hydrogen-bond acceptors (Lipinski definition) is 5. The number of fused-ring (bicyclic) bond motifs is 1. The summed E-state index contributed by atoms with van der Waals surface area (Å²) in [6, 6.07) is 27.7. The van der Waals surface area contributed by atoms with E-state index in [4.69, 9.17) is 15.2 Å². The van der Waals surface area contributed by atoms with Gasteiger partial charge in [-0.3, -0.25) is 4.68 Å². The van der Waals surface area contributed by atoms with Crippen LogP contribution in [0.15, 0.2) is 91.1 Å². The number of pyridine rings is 1. The van der Waals surface area contributed by atoms with E-state index in [2.05, 4.69) is 10.1 Å². The van der Waals surface area contributed by atoms with Crippen LogP contribution in [-0.2, 0) is 20.3 Å². The predicted octanol–water partition coefficient (Wildman–Crippen LogP) is 5.38. The molecular weight excluding hydrogens is 412 g/mol. The Morgan fingerprint density at radius 3 is 2.15 bits per heavy atom. The molecule has 0 atom stereocenters. The van der Waals surface area contributed by atoms with Gasteiger partial charge in [-0.05, 0) is 29.3 Å². The van der Waals surface area contributed by atoms with Gasteiger partial charge in [-0.15, -0.1) is 0 Å². The molecule has 0 spiro atoms. The van der Waals surface area contributed by atoms with Crippen molar-refractivity contribution in [2.24, 2.45) is 7.05 Å². The van der Waals surface area contributed by atoms with Gasteiger partial charge in [-0.25, -0.2) is 0 Å². The number of aromatic nitrogens is 3. The van der Waals surface area contributed by atoms with Gasteiger partial charge in [0.2, 0.25) is 11.8 Å². The van der Waals surface area contributed by atoms with Crippen molar-refractivity contribution in [3.05, 3.63) is 102 Å². The minimum absolute atomic E-state index is 0.386.